The van der Waals surface area contributed by atoms with Gasteiger partial charge in [-0.3, -0.25) is 9.59 Å². The molecule has 25 heavy (non-hydrogen) atoms. The highest BCUT2D eigenvalue weighted by atomic mass is 19.1. The van der Waals surface area contributed by atoms with Crippen LogP contribution < -0.4 is 4.74 Å². The molecule has 0 N–H and O–H groups in total. The van der Waals surface area contributed by atoms with Crippen molar-refractivity contribution < 1.29 is 27.8 Å². The number of methoxy groups -OCH3 is 1. The summed E-state index contributed by atoms with van der Waals surface area (Å²) < 4.78 is 38.5. The van der Waals surface area contributed by atoms with E-state index >= 15 is 0 Å². The first-order valence-electron chi connectivity index (χ1n) is 8.26. The van der Waals surface area contributed by atoms with E-state index in [0.29, 0.717) is 19.6 Å². The number of hydrogen-bond acceptors (Lipinski definition) is 4. The molecule has 3 atom stereocenters. The number of fused-ring (bicyclic) bond motifs is 2. The summed E-state index contributed by atoms with van der Waals surface area (Å²) in [6, 6.07) is 1.82. The van der Waals surface area contributed by atoms with Crippen LogP contribution in [0.25, 0.3) is 0 Å². The van der Waals surface area contributed by atoms with Crippen molar-refractivity contribution in [2.24, 2.45) is 0 Å². The van der Waals surface area contributed by atoms with Gasteiger partial charge in [0.2, 0.25) is 0 Å². The lowest BCUT2D eigenvalue weighted by molar-refractivity contribution is -0.158. The van der Waals surface area contributed by atoms with Gasteiger partial charge < -0.3 is 19.3 Å². The van der Waals surface area contributed by atoms with Crippen molar-refractivity contribution in [2.45, 2.75) is 31.0 Å². The molecule has 134 valence electrons. The molecule has 3 aliphatic rings. The van der Waals surface area contributed by atoms with Crippen molar-refractivity contribution in [3.05, 3.63) is 29.3 Å². The molecular weight excluding hydrogens is 334 g/mol. The van der Waals surface area contributed by atoms with Crippen molar-refractivity contribution in [1.82, 2.24) is 9.80 Å². The average molecular weight is 352 g/mol. The average Bonchev–Trinajstić information content (AvgIpc) is 3.13. The van der Waals surface area contributed by atoms with E-state index in [4.69, 9.17) is 9.47 Å². The number of benzene rings is 1. The summed E-state index contributed by atoms with van der Waals surface area (Å²) in [6.07, 6.45) is 0.962. The molecule has 0 aliphatic carbocycles. The molecule has 1 aromatic carbocycles. The molecule has 4 rings (SSSR count). The van der Waals surface area contributed by atoms with Crippen LogP contribution in [0.15, 0.2) is 12.1 Å². The monoisotopic (exact) mass is 352 g/mol. The van der Waals surface area contributed by atoms with Crippen molar-refractivity contribution in [3.63, 3.8) is 0 Å². The standard InChI is InChI=1S/C17H18F2N2O4/c1-24-12-3-2-11(18)14(15(12)19)17(23)21-8-9-6-10(21)7-20(9)16(22)13-4-5-25-13/h2-3,9-10,13H,4-8H2,1H3/t9-,10-,13?/m0/s1. The van der Waals surface area contributed by atoms with Gasteiger partial charge in [0.05, 0.1) is 25.8 Å². The maximum atomic E-state index is 14.4. The third-order valence-corrected chi connectivity index (χ3v) is 5.25. The first-order chi connectivity index (χ1) is 12.0. The fourth-order valence-electron chi connectivity index (χ4n) is 3.83. The van der Waals surface area contributed by atoms with Crippen molar-refractivity contribution in [2.75, 3.05) is 26.8 Å². The summed E-state index contributed by atoms with van der Waals surface area (Å²) in [5.74, 6) is -2.83. The van der Waals surface area contributed by atoms with Gasteiger partial charge in [0.15, 0.2) is 11.6 Å². The number of nitrogens with zero attached hydrogens (tertiary/aromatic N) is 2. The predicted molar refractivity (Wildman–Crippen MR) is 82.2 cm³/mol. The van der Waals surface area contributed by atoms with Crippen molar-refractivity contribution in [1.29, 1.82) is 0 Å². The first-order valence-corrected chi connectivity index (χ1v) is 8.26. The van der Waals surface area contributed by atoms with E-state index in [1.165, 1.54) is 12.0 Å². The maximum Gasteiger partial charge on any atom is 0.260 e. The van der Waals surface area contributed by atoms with Crippen LogP contribution in [0.1, 0.15) is 23.2 Å². The largest absolute Gasteiger partial charge is 0.494 e. The number of piperazine rings is 1. The van der Waals surface area contributed by atoms with Crippen molar-refractivity contribution >= 4 is 11.8 Å². The summed E-state index contributed by atoms with van der Waals surface area (Å²) in [5.41, 5.74) is -0.605. The Morgan fingerprint density at radius 1 is 1.20 bits per heavy atom. The van der Waals surface area contributed by atoms with Crippen LogP contribution in [-0.4, -0.2) is 66.6 Å². The number of amides is 2. The van der Waals surface area contributed by atoms with Gasteiger partial charge in [-0.1, -0.05) is 0 Å². The molecule has 3 fully saturated rings. The number of halogens is 2. The highest BCUT2D eigenvalue weighted by Crippen LogP contribution is 2.35. The van der Waals surface area contributed by atoms with Gasteiger partial charge in [0.1, 0.15) is 17.5 Å². The first kappa shape index (κ1) is 16.3. The van der Waals surface area contributed by atoms with Crippen LogP contribution in [0.4, 0.5) is 8.78 Å². The fraction of sp³-hybridized carbons (Fsp3) is 0.529. The summed E-state index contributed by atoms with van der Waals surface area (Å²) >= 11 is 0. The Hall–Kier alpha value is -2.22. The lowest BCUT2D eigenvalue weighted by Crippen LogP contribution is -2.55. The molecule has 3 aliphatic heterocycles. The molecule has 0 radical (unpaired) electrons. The number of likely N-dealkylation sites (tertiary alicyclic amines) is 2. The number of ether oxygens (including phenoxy) is 2. The molecular formula is C17H18F2N2O4. The minimum Gasteiger partial charge on any atom is -0.494 e. The Kier molecular flexibility index (Phi) is 3.87. The molecule has 1 unspecified atom stereocenters. The zero-order chi connectivity index (χ0) is 17.7. The Morgan fingerprint density at radius 3 is 2.44 bits per heavy atom. The van der Waals surface area contributed by atoms with Gasteiger partial charge >= 0.3 is 0 Å². The molecule has 0 spiro atoms. The molecule has 6 nitrogen and oxygen atoms in total. The second-order valence-electron chi connectivity index (χ2n) is 6.58. The van der Waals surface area contributed by atoms with Crippen LogP contribution in [0.2, 0.25) is 0 Å². The second-order valence-corrected chi connectivity index (χ2v) is 6.58. The Morgan fingerprint density at radius 2 is 1.88 bits per heavy atom. The highest BCUT2D eigenvalue weighted by Gasteiger charge is 2.49. The Bertz CT molecular complexity index is 738. The van der Waals surface area contributed by atoms with E-state index in [1.807, 2.05) is 0 Å². The summed E-state index contributed by atoms with van der Waals surface area (Å²) in [7, 11) is 1.26. The third kappa shape index (κ3) is 2.47. The van der Waals surface area contributed by atoms with Crippen LogP contribution in [-0.2, 0) is 9.53 Å². The summed E-state index contributed by atoms with van der Waals surface area (Å²) in [5, 5.41) is 0. The lowest BCUT2D eigenvalue weighted by Gasteiger charge is -2.37. The summed E-state index contributed by atoms with van der Waals surface area (Å²) in [4.78, 5) is 28.2. The minimum atomic E-state index is -0.994. The smallest absolute Gasteiger partial charge is 0.260 e. The topological polar surface area (TPSA) is 59.1 Å². The van der Waals surface area contributed by atoms with Crippen LogP contribution >= 0.6 is 0 Å². The Labute approximate surface area is 143 Å². The molecule has 8 heteroatoms. The third-order valence-electron chi connectivity index (χ3n) is 5.25. The second kappa shape index (κ2) is 5.94. The van der Waals surface area contributed by atoms with E-state index in [0.717, 1.165) is 18.6 Å². The number of carbonyl (C=O) groups excluding carboxylic acids is 2. The maximum absolute atomic E-state index is 14.4. The van der Waals surface area contributed by atoms with Crippen LogP contribution in [0.5, 0.6) is 5.75 Å². The Balaban J connectivity index is 1.52. The zero-order valence-electron chi connectivity index (χ0n) is 13.7. The molecule has 1 aromatic rings. The van der Waals surface area contributed by atoms with E-state index in [2.05, 4.69) is 0 Å². The number of hydrogen-bond donors (Lipinski definition) is 0. The van der Waals surface area contributed by atoms with Gasteiger partial charge in [0.25, 0.3) is 11.8 Å². The normalized spacial score (nSPS) is 27.4. The van der Waals surface area contributed by atoms with Gasteiger partial charge in [-0.2, -0.15) is 0 Å². The van der Waals surface area contributed by atoms with E-state index in [9.17, 15) is 18.4 Å². The SMILES string of the molecule is COc1ccc(F)c(C(=O)N2C[C@@H]3C[C@H]2CN3C(=O)C2CCO2)c1F. The van der Waals surface area contributed by atoms with Gasteiger partial charge in [-0.05, 0) is 18.6 Å². The minimum absolute atomic E-state index is 0.0513. The highest BCUT2D eigenvalue weighted by molar-refractivity contribution is 5.96. The number of rotatable bonds is 3. The molecule has 0 aromatic heterocycles. The predicted octanol–water partition coefficient (Wildman–Crippen LogP) is 1.19. The lowest BCUT2D eigenvalue weighted by atomic mass is 10.1. The molecule has 0 saturated carbocycles. The number of carbonyl (C=O) groups is 2. The molecule has 2 bridgehead atoms. The van der Waals surface area contributed by atoms with Gasteiger partial charge in [-0.25, -0.2) is 8.78 Å². The van der Waals surface area contributed by atoms with E-state index < -0.39 is 23.1 Å². The van der Waals surface area contributed by atoms with E-state index in [1.54, 1.807) is 4.90 Å². The van der Waals surface area contributed by atoms with Gasteiger partial charge in [0, 0.05) is 19.5 Å². The summed E-state index contributed by atoms with van der Waals surface area (Å²) in [6.45, 7) is 1.25. The van der Waals surface area contributed by atoms with Crippen LogP contribution in [0.3, 0.4) is 0 Å². The van der Waals surface area contributed by atoms with Gasteiger partial charge in [-0.15, -0.1) is 0 Å². The zero-order valence-corrected chi connectivity index (χ0v) is 13.7. The van der Waals surface area contributed by atoms with E-state index in [-0.39, 0.29) is 36.4 Å². The van der Waals surface area contributed by atoms with Crippen molar-refractivity contribution in [3.8, 4) is 5.75 Å². The molecule has 2 amide bonds. The fourth-order valence-corrected chi connectivity index (χ4v) is 3.83. The molecule has 3 heterocycles. The quantitative estimate of drug-likeness (QED) is 0.820. The molecule has 3 saturated heterocycles. The van der Waals surface area contributed by atoms with Crippen LogP contribution in [0, 0.1) is 11.6 Å².